The van der Waals surface area contributed by atoms with Gasteiger partial charge in [-0.15, -0.1) is 11.8 Å². The molecule has 3 nitrogen and oxygen atoms in total. The van der Waals surface area contributed by atoms with Gasteiger partial charge in [0.1, 0.15) is 0 Å². The minimum absolute atomic E-state index is 0.933. The summed E-state index contributed by atoms with van der Waals surface area (Å²) in [5.41, 5.74) is 9.00. The van der Waals surface area contributed by atoms with Crippen molar-refractivity contribution in [2.45, 2.75) is 11.8 Å². The highest BCUT2D eigenvalue weighted by atomic mass is 32.2. The number of aromatic nitrogens is 2. The molecule has 0 aliphatic heterocycles. The number of rotatable bonds is 6. The summed E-state index contributed by atoms with van der Waals surface area (Å²) in [5, 5.41) is 3.25. The lowest BCUT2D eigenvalue weighted by atomic mass is 10.1. The van der Waals surface area contributed by atoms with Crippen molar-refractivity contribution < 1.29 is 0 Å². The molecule has 4 heteroatoms. The Bertz CT molecular complexity index is 1840. The highest BCUT2D eigenvalue weighted by Crippen LogP contribution is 2.37. The van der Waals surface area contributed by atoms with Crippen molar-refractivity contribution in [3.8, 4) is 5.69 Å². The minimum Gasteiger partial charge on any atom is -0.353 e. The summed E-state index contributed by atoms with van der Waals surface area (Å²) in [6.45, 7) is 10.4. The molecule has 0 aliphatic rings. The third kappa shape index (κ3) is 3.85. The van der Waals surface area contributed by atoms with Crippen molar-refractivity contribution in [2.24, 2.45) is 0 Å². The number of thioether (sulfide) groups is 1. The maximum absolute atomic E-state index is 4.29. The van der Waals surface area contributed by atoms with Gasteiger partial charge in [-0.1, -0.05) is 61.7 Å². The van der Waals surface area contributed by atoms with Crippen LogP contribution in [-0.2, 0) is 0 Å². The van der Waals surface area contributed by atoms with Crippen LogP contribution in [0.3, 0.4) is 0 Å². The van der Waals surface area contributed by atoms with E-state index in [2.05, 4.69) is 132 Å². The molecule has 2 heterocycles. The summed E-state index contributed by atoms with van der Waals surface area (Å²) in [7, 11) is 0. The second kappa shape index (κ2) is 9.81. The zero-order chi connectivity index (χ0) is 26.2. The van der Waals surface area contributed by atoms with Gasteiger partial charge in [-0.05, 0) is 79.4 Å². The molecule has 1 N–H and O–H groups in total. The molecule has 0 saturated carbocycles. The SMILES string of the molecule is C=Cc1cc2c(cc1SC)c1[nH]c(=C)/c(=C\C)c1n2-c1ccc(N(c2ccccc2)c2ccccc2)cc1. The van der Waals surface area contributed by atoms with Crippen LogP contribution in [0.5, 0.6) is 0 Å². The van der Waals surface area contributed by atoms with Crippen LogP contribution in [-0.4, -0.2) is 15.8 Å². The van der Waals surface area contributed by atoms with E-state index in [4.69, 9.17) is 0 Å². The summed E-state index contributed by atoms with van der Waals surface area (Å²) >= 11 is 1.74. The standard InChI is InChI=1S/C34H29N3S/c1-5-24-21-31-30(22-32(24)38-4)33-34(29(6-2)23(3)35-33)37(31)28-19-17-27(18-20-28)36(25-13-9-7-10-14-25)26-15-11-8-12-16-26/h5-22,35H,1,3H2,2,4H3/b29-6+. The van der Waals surface area contributed by atoms with Gasteiger partial charge in [0.25, 0.3) is 0 Å². The van der Waals surface area contributed by atoms with Crippen molar-refractivity contribution in [1.82, 2.24) is 9.55 Å². The smallest absolute Gasteiger partial charge is 0.0794 e. The van der Waals surface area contributed by atoms with Crippen LogP contribution in [0.4, 0.5) is 17.1 Å². The average molecular weight is 512 g/mol. The van der Waals surface area contributed by atoms with Gasteiger partial charge in [-0.25, -0.2) is 0 Å². The van der Waals surface area contributed by atoms with Crippen LogP contribution in [0, 0.1) is 0 Å². The van der Waals surface area contributed by atoms with E-state index < -0.39 is 0 Å². The van der Waals surface area contributed by atoms with Gasteiger partial charge < -0.3 is 14.5 Å². The van der Waals surface area contributed by atoms with Gasteiger partial charge in [0, 0.05) is 43.6 Å². The first-order valence-corrected chi connectivity index (χ1v) is 13.9. The normalized spacial score (nSPS) is 11.9. The third-order valence-electron chi connectivity index (χ3n) is 7.08. The van der Waals surface area contributed by atoms with Crippen LogP contribution in [0.1, 0.15) is 12.5 Å². The van der Waals surface area contributed by atoms with Crippen molar-refractivity contribution in [3.63, 3.8) is 0 Å². The Balaban J connectivity index is 1.58. The topological polar surface area (TPSA) is 24.0 Å². The quantitative estimate of drug-likeness (QED) is 0.228. The van der Waals surface area contributed by atoms with Gasteiger partial charge >= 0.3 is 0 Å². The number of H-pyrrole nitrogens is 1. The number of nitrogens with one attached hydrogen (secondary N) is 1. The van der Waals surface area contributed by atoms with Gasteiger partial charge in [0.2, 0.25) is 0 Å². The van der Waals surface area contributed by atoms with E-state index in [1.807, 2.05) is 18.2 Å². The maximum Gasteiger partial charge on any atom is 0.0794 e. The van der Waals surface area contributed by atoms with Crippen molar-refractivity contribution >= 4 is 69.5 Å². The molecule has 38 heavy (non-hydrogen) atoms. The number of hydrogen-bond acceptors (Lipinski definition) is 2. The number of anilines is 3. The first-order chi connectivity index (χ1) is 18.6. The van der Waals surface area contributed by atoms with E-state index in [0.717, 1.165) is 55.4 Å². The number of para-hydroxylation sites is 2. The molecule has 0 atom stereocenters. The van der Waals surface area contributed by atoms with Gasteiger partial charge in [-0.3, -0.25) is 0 Å². The molecule has 6 rings (SSSR count). The molecule has 4 aromatic carbocycles. The van der Waals surface area contributed by atoms with Gasteiger partial charge in [0.05, 0.1) is 16.6 Å². The molecule has 0 spiro atoms. The van der Waals surface area contributed by atoms with Crippen LogP contribution in [0.25, 0.3) is 46.4 Å². The summed E-state index contributed by atoms with van der Waals surface area (Å²) in [6, 6.07) is 34.3. The molecule has 0 amide bonds. The second-order valence-corrected chi connectivity index (χ2v) is 10.1. The molecule has 6 aromatic rings. The van der Waals surface area contributed by atoms with Crippen molar-refractivity contribution in [1.29, 1.82) is 0 Å². The lowest BCUT2D eigenvalue weighted by Crippen LogP contribution is -2.22. The Kier molecular flexibility index (Phi) is 6.18. The van der Waals surface area contributed by atoms with E-state index in [9.17, 15) is 0 Å². The van der Waals surface area contributed by atoms with E-state index in [1.165, 1.54) is 10.3 Å². The molecule has 0 aliphatic carbocycles. The fourth-order valence-corrected chi connectivity index (χ4v) is 5.95. The average Bonchev–Trinajstić information content (AvgIpc) is 3.45. The predicted molar refractivity (Wildman–Crippen MR) is 167 cm³/mol. The maximum atomic E-state index is 4.29. The molecule has 0 fully saturated rings. The lowest BCUT2D eigenvalue weighted by Gasteiger charge is -2.25. The Morgan fingerprint density at radius 1 is 0.842 bits per heavy atom. The molecule has 0 bridgehead atoms. The Morgan fingerprint density at radius 3 is 2.00 bits per heavy atom. The Labute approximate surface area is 227 Å². The lowest BCUT2D eigenvalue weighted by molar-refractivity contribution is 1.17. The van der Waals surface area contributed by atoms with E-state index in [0.29, 0.717) is 0 Å². The molecule has 186 valence electrons. The minimum atomic E-state index is 0.933. The zero-order valence-corrected chi connectivity index (χ0v) is 22.4. The number of nitrogens with zero attached hydrogens (tertiary/aromatic N) is 2. The first kappa shape index (κ1) is 24.0. The summed E-state index contributed by atoms with van der Waals surface area (Å²) in [6.07, 6.45) is 6.19. The fourth-order valence-electron chi connectivity index (χ4n) is 5.34. The fraction of sp³-hybridized carbons (Fsp3) is 0.0588. The molecule has 0 unspecified atom stereocenters. The summed E-state index contributed by atoms with van der Waals surface area (Å²) < 4.78 is 2.35. The summed E-state index contributed by atoms with van der Waals surface area (Å²) in [5.74, 6) is 0. The van der Waals surface area contributed by atoms with Crippen LogP contribution in [0.15, 0.2) is 109 Å². The molecular weight excluding hydrogens is 482 g/mol. The van der Waals surface area contributed by atoms with E-state index in [1.54, 1.807) is 11.8 Å². The van der Waals surface area contributed by atoms with Crippen LogP contribution >= 0.6 is 11.8 Å². The molecule has 0 radical (unpaired) electrons. The van der Waals surface area contributed by atoms with Gasteiger partial charge in [0.15, 0.2) is 0 Å². The number of hydrogen-bond donors (Lipinski definition) is 1. The number of aromatic amines is 1. The van der Waals surface area contributed by atoms with Crippen LogP contribution in [0.2, 0.25) is 0 Å². The monoisotopic (exact) mass is 511 g/mol. The molecule has 2 aromatic heterocycles. The van der Waals surface area contributed by atoms with Crippen molar-refractivity contribution in [3.05, 3.63) is 120 Å². The van der Waals surface area contributed by atoms with Crippen LogP contribution < -0.4 is 15.5 Å². The molecular formula is C34H29N3S. The second-order valence-electron chi connectivity index (χ2n) is 9.20. The predicted octanol–water partition coefficient (Wildman–Crippen LogP) is 8.16. The Morgan fingerprint density at radius 2 is 1.45 bits per heavy atom. The first-order valence-electron chi connectivity index (χ1n) is 12.7. The van der Waals surface area contributed by atoms with E-state index >= 15 is 0 Å². The van der Waals surface area contributed by atoms with Gasteiger partial charge in [-0.2, -0.15) is 0 Å². The summed E-state index contributed by atoms with van der Waals surface area (Å²) in [4.78, 5) is 7.06. The number of benzene rings is 4. The highest BCUT2D eigenvalue weighted by molar-refractivity contribution is 7.98. The van der Waals surface area contributed by atoms with E-state index in [-0.39, 0.29) is 0 Å². The third-order valence-corrected chi connectivity index (χ3v) is 7.87. The number of fused-ring (bicyclic) bond motifs is 3. The Hall–Kier alpha value is -4.41. The molecule has 0 saturated heterocycles. The largest absolute Gasteiger partial charge is 0.353 e. The van der Waals surface area contributed by atoms with Crippen molar-refractivity contribution in [2.75, 3.05) is 11.2 Å². The zero-order valence-electron chi connectivity index (χ0n) is 21.6. The highest BCUT2D eigenvalue weighted by Gasteiger charge is 2.18.